The summed E-state index contributed by atoms with van der Waals surface area (Å²) < 4.78 is 0. The fraction of sp³-hybridized carbons (Fsp3) is 0.938. The summed E-state index contributed by atoms with van der Waals surface area (Å²) in [6.07, 6.45) is 10.5. The summed E-state index contributed by atoms with van der Waals surface area (Å²) in [5.41, 5.74) is 0. The lowest BCUT2D eigenvalue weighted by atomic mass is 9.91. The van der Waals surface area contributed by atoms with Crippen LogP contribution in [-0.4, -0.2) is 29.3 Å². The lowest BCUT2D eigenvalue weighted by Crippen LogP contribution is -2.45. The fourth-order valence-electron chi connectivity index (χ4n) is 3.14. The Bertz CT molecular complexity index is 251. The highest BCUT2D eigenvalue weighted by atomic mass is 35.5. The van der Waals surface area contributed by atoms with E-state index in [2.05, 4.69) is 18.7 Å². The highest BCUT2D eigenvalue weighted by molar-refractivity contribution is 6.18. The van der Waals surface area contributed by atoms with Crippen molar-refractivity contribution in [2.45, 2.75) is 77.7 Å². The molecule has 1 unspecified atom stereocenters. The Hall–Kier alpha value is -0.240. The highest BCUT2D eigenvalue weighted by Crippen LogP contribution is 2.26. The Morgan fingerprint density at radius 3 is 2.47 bits per heavy atom. The minimum Gasteiger partial charge on any atom is -0.338 e. The van der Waals surface area contributed by atoms with Crippen LogP contribution in [-0.2, 0) is 4.79 Å². The van der Waals surface area contributed by atoms with Gasteiger partial charge in [-0.3, -0.25) is 4.79 Å². The zero-order chi connectivity index (χ0) is 14.1. The van der Waals surface area contributed by atoms with E-state index in [1.54, 1.807) is 0 Å². The summed E-state index contributed by atoms with van der Waals surface area (Å²) in [6.45, 7) is 5.06. The van der Waals surface area contributed by atoms with Crippen molar-refractivity contribution >= 4 is 17.5 Å². The van der Waals surface area contributed by atoms with Gasteiger partial charge >= 0.3 is 0 Å². The van der Waals surface area contributed by atoms with E-state index >= 15 is 0 Å². The maximum absolute atomic E-state index is 12.7. The third-order valence-corrected chi connectivity index (χ3v) is 4.54. The van der Waals surface area contributed by atoms with Crippen molar-refractivity contribution < 1.29 is 4.79 Å². The third-order valence-electron chi connectivity index (χ3n) is 4.37. The van der Waals surface area contributed by atoms with Crippen LogP contribution < -0.4 is 0 Å². The molecule has 1 saturated carbocycles. The number of hydrogen-bond acceptors (Lipinski definition) is 1. The molecule has 1 fully saturated rings. The number of amides is 1. The lowest BCUT2D eigenvalue weighted by molar-refractivity contribution is -0.138. The molecule has 0 N–H and O–H groups in total. The van der Waals surface area contributed by atoms with Gasteiger partial charge in [0.25, 0.3) is 0 Å². The van der Waals surface area contributed by atoms with Crippen LogP contribution in [0.15, 0.2) is 0 Å². The van der Waals surface area contributed by atoms with Gasteiger partial charge in [0.15, 0.2) is 0 Å². The van der Waals surface area contributed by atoms with E-state index in [9.17, 15) is 4.79 Å². The largest absolute Gasteiger partial charge is 0.338 e. The van der Waals surface area contributed by atoms with Crippen LogP contribution >= 0.6 is 11.6 Å². The normalized spacial score (nSPS) is 18.3. The SMILES string of the molecule is CCCCC(CC)C(=O)N(CCCl)C1CCCCC1. The molecule has 1 amide bonds. The maximum atomic E-state index is 12.7. The molecule has 112 valence electrons. The Morgan fingerprint density at radius 2 is 1.95 bits per heavy atom. The number of nitrogens with zero attached hydrogens (tertiary/aromatic N) is 1. The zero-order valence-electron chi connectivity index (χ0n) is 12.7. The molecule has 0 saturated heterocycles. The van der Waals surface area contributed by atoms with Gasteiger partial charge in [0, 0.05) is 24.4 Å². The molecule has 0 aliphatic heterocycles. The number of carbonyl (C=O) groups excluding carboxylic acids is 1. The Morgan fingerprint density at radius 1 is 1.26 bits per heavy atom. The van der Waals surface area contributed by atoms with Gasteiger partial charge in [-0.1, -0.05) is 46.0 Å². The van der Waals surface area contributed by atoms with E-state index < -0.39 is 0 Å². The number of alkyl halides is 1. The summed E-state index contributed by atoms with van der Waals surface area (Å²) in [5.74, 6) is 1.14. The second kappa shape index (κ2) is 9.63. The van der Waals surface area contributed by atoms with Crippen LogP contribution in [0.2, 0.25) is 0 Å². The van der Waals surface area contributed by atoms with Crippen LogP contribution in [0.5, 0.6) is 0 Å². The second-order valence-corrected chi connectivity index (χ2v) is 6.14. The van der Waals surface area contributed by atoms with Crippen LogP contribution in [0.1, 0.15) is 71.6 Å². The lowest BCUT2D eigenvalue weighted by Gasteiger charge is -2.36. The van der Waals surface area contributed by atoms with Crippen LogP contribution in [0, 0.1) is 5.92 Å². The standard InChI is InChI=1S/C16H30ClNO/c1-3-5-9-14(4-2)16(19)18(13-12-17)15-10-7-6-8-11-15/h14-15H,3-13H2,1-2H3. The van der Waals surface area contributed by atoms with Crippen molar-refractivity contribution in [2.24, 2.45) is 5.92 Å². The topological polar surface area (TPSA) is 20.3 Å². The number of hydrogen-bond donors (Lipinski definition) is 0. The predicted octanol–water partition coefficient (Wildman–Crippen LogP) is 4.60. The predicted molar refractivity (Wildman–Crippen MR) is 82.6 cm³/mol. The molecular formula is C16H30ClNO. The van der Waals surface area contributed by atoms with Gasteiger partial charge < -0.3 is 4.90 Å². The van der Waals surface area contributed by atoms with E-state index in [4.69, 9.17) is 11.6 Å². The molecule has 0 aromatic rings. The van der Waals surface area contributed by atoms with Crippen molar-refractivity contribution in [3.8, 4) is 0 Å². The average Bonchev–Trinajstić information content (AvgIpc) is 2.46. The third kappa shape index (κ3) is 5.33. The molecule has 0 heterocycles. The van der Waals surface area contributed by atoms with E-state index in [1.807, 2.05) is 0 Å². The zero-order valence-corrected chi connectivity index (χ0v) is 13.4. The first kappa shape index (κ1) is 16.8. The maximum Gasteiger partial charge on any atom is 0.225 e. The molecule has 0 bridgehead atoms. The number of rotatable bonds is 8. The first-order valence-electron chi connectivity index (χ1n) is 8.11. The molecule has 1 rings (SSSR count). The Kier molecular flexibility index (Phi) is 8.52. The summed E-state index contributed by atoms with van der Waals surface area (Å²) >= 11 is 5.92. The van der Waals surface area contributed by atoms with Gasteiger partial charge in [-0.25, -0.2) is 0 Å². The smallest absolute Gasteiger partial charge is 0.225 e. The van der Waals surface area contributed by atoms with Gasteiger partial charge in [0.05, 0.1) is 0 Å². The van der Waals surface area contributed by atoms with Crippen molar-refractivity contribution in [3.63, 3.8) is 0 Å². The molecule has 1 atom stereocenters. The summed E-state index contributed by atoms with van der Waals surface area (Å²) in [4.78, 5) is 14.8. The van der Waals surface area contributed by atoms with Gasteiger partial charge in [0.1, 0.15) is 0 Å². The van der Waals surface area contributed by atoms with Crippen LogP contribution in [0.3, 0.4) is 0 Å². The number of unbranched alkanes of at least 4 members (excludes halogenated alkanes) is 1. The quantitative estimate of drug-likeness (QED) is 0.597. The van der Waals surface area contributed by atoms with Crippen molar-refractivity contribution in [2.75, 3.05) is 12.4 Å². The molecule has 3 heteroatoms. The molecule has 2 nitrogen and oxygen atoms in total. The van der Waals surface area contributed by atoms with E-state index in [1.165, 1.54) is 38.5 Å². The average molecular weight is 288 g/mol. The molecule has 1 aliphatic rings. The van der Waals surface area contributed by atoms with E-state index in [-0.39, 0.29) is 5.92 Å². The fourth-order valence-corrected chi connectivity index (χ4v) is 3.33. The monoisotopic (exact) mass is 287 g/mol. The van der Waals surface area contributed by atoms with Gasteiger partial charge in [-0.05, 0) is 25.7 Å². The molecule has 1 aliphatic carbocycles. The summed E-state index contributed by atoms with van der Waals surface area (Å²) in [7, 11) is 0. The van der Waals surface area contributed by atoms with Gasteiger partial charge in [0.2, 0.25) is 5.91 Å². The van der Waals surface area contributed by atoms with E-state index in [0.29, 0.717) is 17.8 Å². The number of halogens is 1. The molecule has 0 radical (unpaired) electrons. The highest BCUT2D eigenvalue weighted by Gasteiger charge is 2.28. The molecule has 0 aromatic carbocycles. The minimum atomic E-state index is 0.213. The minimum absolute atomic E-state index is 0.213. The first-order valence-corrected chi connectivity index (χ1v) is 8.64. The summed E-state index contributed by atoms with van der Waals surface area (Å²) in [5, 5.41) is 0. The molecule has 0 aromatic heterocycles. The summed E-state index contributed by atoms with van der Waals surface area (Å²) in [6, 6.07) is 0.454. The van der Waals surface area contributed by atoms with Crippen molar-refractivity contribution in [3.05, 3.63) is 0 Å². The van der Waals surface area contributed by atoms with Crippen molar-refractivity contribution in [1.29, 1.82) is 0 Å². The number of carbonyl (C=O) groups is 1. The molecule has 19 heavy (non-hydrogen) atoms. The first-order chi connectivity index (χ1) is 9.24. The van der Waals surface area contributed by atoms with Crippen LogP contribution in [0.25, 0.3) is 0 Å². The van der Waals surface area contributed by atoms with Crippen LogP contribution in [0.4, 0.5) is 0 Å². The van der Waals surface area contributed by atoms with Gasteiger partial charge in [-0.2, -0.15) is 0 Å². The Labute approximate surface area is 123 Å². The Balaban J connectivity index is 2.63. The molecular weight excluding hydrogens is 258 g/mol. The van der Waals surface area contributed by atoms with E-state index in [0.717, 1.165) is 25.8 Å². The second-order valence-electron chi connectivity index (χ2n) is 5.76. The molecule has 0 spiro atoms. The van der Waals surface area contributed by atoms with Crippen molar-refractivity contribution in [1.82, 2.24) is 4.90 Å². The van der Waals surface area contributed by atoms with Gasteiger partial charge in [-0.15, -0.1) is 11.6 Å².